The van der Waals surface area contributed by atoms with E-state index < -0.39 is 0 Å². The molecule has 42 valence electrons. The Morgan fingerprint density at radius 3 is 2.10 bits per heavy atom. The fourth-order valence-electron chi connectivity index (χ4n) is 0.454. The fourth-order valence-corrected chi connectivity index (χ4v) is 0.454. The Morgan fingerprint density at radius 2 is 1.80 bits per heavy atom. The van der Waals surface area contributed by atoms with Crippen molar-refractivity contribution in [3.63, 3.8) is 0 Å². The average Bonchev–Trinajstić information content (AvgIpc) is 1.64. The van der Waals surface area contributed by atoms with Gasteiger partial charge in [-0.2, -0.15) is 0 Å². The molecular weight excluding hydrogens is 271 g/mol. The first-order chi connectivity index (χ1) is 3.79. The Labute approximate surface area is 159 Å². The molecule has 0 bridgehead atoms. The first-order valence-corrected chi connectivity index (χ1v) is 2.24. The third kappa shape index (κ3) is 6.00. The van der Waals surface area contributed by atoms with Gasteiger partial charge in [0.25, 0.3) is 0 Å². The fraction of sp³-hybridized carbons (Fsp3) is 0. The predicted octanol–water partition coefficient (Wildman–Crippen LogP) is -5.54. The largest absolute Gasteiger partial charge is 1.00 e. The summed E-state index contributed by atoms with van der Waals surface area (Å²) in [6.07, 6.45) is 0. The molecule has 0 aliphatic carbocycles. The minimum absolute atomic E-state index is 0. The zero-order chi connectivity index (χ0) is 5.98. The summed E-state index contributed by atoms with van der Waals surface area (Å²) < 4.78 is 0. The predicted molar refractivity (Wildman–Crippen MR) is 32.9 cm³/mol. The van der Waals surface area contributed by atoms with Gasteiger partial charge in [0.05, 0.1) is 0 Å². The van der Waals surface area contributed by atoms with E-state index in [1.54, 1.807) is 12.1 Å². The third-order valence-electron chi connectivity index (χ3n) is 0.781. The van der Waals surface area contributed by atoms with Crippen LogP contribution in [0.3, 0.4) is 0 Å². The standard InChI is InChI=1S/C6H6N2.2Rb/c7-5-2-1-3-6(8)4-5;;/h1-2H,7-8H2;;/q-2;2*+1. The van der Waals surface area contributed by atoms with Crippen LogP contribution in [0.4, 0.5) is 11.4 Å². The van der Waals surface area contributed by atoms with Crippen LogP contribution < -0.4 is 128 Å². The second-order valence-electron chi connectivity index (χ2n) is 1.47. The van der Waals surface area contributed by atoms with Crippen molar-refractivity contribution < 1.29 is 116 Å². The van der Waals surface area contributed by atoms with E-state index >= 15 is 0 Å². The molecule has 0 fully saturated rings. The van der Waals surface area contributed by atoms with Gasteiger partial charge in [-0.1, -0.05) is 0 Å². The number of rotatable bonds is 0. The van der Waals surface area contributed by atoms with E-state index in [-0.39, 0.29) is 116 Å². The van der Waals surface area contributed by atoms with Crippen molar-refractivity contribution in [3.05, 3.63) is 24.3 Å². The van der Waals surface area contributed by atoms with E-state index in [1.165, 1.54) is 0 Å². The van der Waals surface area contributed by atoms with Crippen molar-refractivity contribution in [1.29, 1.82) is 0 Å². The van der Waals surface area contributed by atoms with Crippen LogP contribution in [0, 0.1) is 12.1 Å². The van der Waals surface area contributed by atoms with Crippen LogP contribution in [0.5, 0.6) is 0 Å². The molecule has 0 unspecified atom stereocenters. The normalized spacial score (nSPS) is 7.20. The van der Waals surface area contributed by atoms with Crippen LogP contribution in [-0.2, 0) is 0 Å². The molecule has 0 saturated carbocycles. The van der Waals surface area contributed by atoms with Gasteiger partial charge in [-0.25, -0.2) is 11.4 Å². The topological polar surface area (TPSA) is 52.0 Å². The third-order valence-corrected chi connectivity index (χ3v) is 0.781. The zero-order valence-electron chi connectivity index (χ0n) is 6.31. The molecule has 0 aliphatic rings. The summed E-state index contributed by atoms with van der Waals surface area (Å²) in [7, 11) is 0. The number of anilines is 2. The molecule has 0 amide bonds. The van der Waals surface area contributed by atoms with E-state index in [9.17, 15) is 0 Å². The van der Waals surface area contributed by atoms with E-state index in [1.807, 2.05) is 0 Å². The van der Waals surface area contributed by atoms with Gasteiger partial charge in [0.15, 0.2) is 0 Å². The summed E-state index contributed by atoms with van der Waals surface area (Å²) in [4.78, 5) is 0. The Morgan fingerprint density at radius 1 is 1.20 bits per heavy atom. The maximum absolute atomic E-state index is 5.30. The Kier molecular flexibility index (Phi) is 12.0. The van der Waals surface area contributed by atoms with Gasteiger partial charge in [-0.05, 0) is 0 Å². The molecule has 0 atom stereocenters. The molecule has 1 aromatic rings. The number of hydrogen-bond acceptors (Lipinski definition) is 2. The monoisotopic (exact) mass is 276 g/mol. The van der Waals surface area contributed by atoms with Crippen LogP contribution in [0.15, 0.2) is 12.1 Å². The molecule has 2 nitrogen and oxygen atoms in total. The summed E-state index contributed by atoms with van der Waals surface area (Å²) in [5.41, 5.74) is 11.6. The minimum Gasteiger partial charge on any atom is -0.443 e. The number of benzene rings is 1. The van der Waals surface area contributed by atoms with Crippen molar-refractivity contribution in [2.75, 3.05) is 11.5 Å². The van der Waals surface area contributed by atoms with Crippen molar-refractivity contribution >= 4 is 11.4 Å². The number of hydrogen-bond donors (Lipinski definition) is 2. The van der Waals surface area contributed by atoms with E-state index in [4.69, 9.17) is 11.5 Å². The quantitative estimate of drug-likeness (QED) is 0.367. The molecule has 0 saturated heterocycles. The van der Waals surface area contributed by atoms with Crippen LogP contribution in [-0.4, -0.2) is 0 Å². The van der Waals surface area contributed by atoms with E-state index in [2.05, 4.69) is 12.1 Å². The van der Waals surface area contributed by atoms with Gasteiger partial charge in [-0.3, -0.25) is 12.1 Å². The summed E-state index contributed by atoms with van der Waals surface area (Å²) in [5.74, 6) is 0. The smallest absolute Gasteiger partial charge is 0.443 e. The van der Waals surface area contributed by atoms with Crippen LogP contribution >= 0.6 is 0 Å². The van der Waals surface area contributed by atoms with Crippen molar-refractivity contribution in [2.45, 2.75) is 0 Å². The SMILES string of the molecule is Nc1[c-]ccc(N)[c-]1.[Rb+].[Rb+]. The van der Waals surface area contributed by atoms with Crippen molar-refractivity contribution in [1.82, 2.24) is 0 Å². The molecule has 0 spiro atoms. The van der Waals surface area contributed by atoms with Crippen LogP contribution in [0.1, 0.15) is 0 Å². The average molecular weight is 277 g/mol. The van der Waals surface area contributed by atoms with Gasteiger partial charge in [0, 0.05) is 0 Å². The van der Waals surface area contributed by atoms with Gasteiger partial charge in [-0.15, -0.1) is 0 Å². The minimum atomic E-state index is 0. The Bertz CT molecular complexity index is 174. The Hall–Kier alpha value is 2.43. The van der Waals surface area contributed by atoms with Crippen molar-refractivity contribution in [3.8, 4) is 0 Å². The summed E-state index contributed by atoms with van der Waals surface area (Å²) in [6.45, 7) is 0. The van der Waals surface area contributed by atoms with E-state index in [0.717, 1.165) is 0 Å². The molecule has 1 aromatic carbocycles. The Balaban J connectivity index is 0. The molecule has 4 heteroatoms. The van der Waals surface area contributed by atoms with E-state index in [0.29, 0.717) is 11.4 Å². The van der Waals surface area contributed by atoms with Gasteiger partial charge >= 0.3 is 116 Å². The molecular formula is C6H6N2Rb2. The van der Waals surface area contributed by atoms with Gasteiger partial charge in [0.2, 0.25) is 0 Å². The summed E-state index contributed by atoms with van der Waals surface area (Å²) in [6, 6.07) is 8.74. The molecule has 1 rings (SSSR count). The first kappa shape index (κ1) is 14.9. The second-order valence-corrected chi connectivity index (χ2v) is 1.47. The summed E-state index contributed by atoms with van der Waals surface area (Å²) >= 11 is 0. The van der Waals surface area contributed by atoms with Gasteiger partial charge < -0.3 is 23.6 Å². The zero-order valence-corrected chi connectivity index (χ0v) is 16.1. The molecule has 0 aliphatic heterocycles. The summed E-state index contributed by atoms with van der Waals surface area (Å²) in [5, 5.41) is 0. The number of nitrogen functional groups attached to an aromatic ring is 2. The van der Waals surface area contributed by atoms with Crippen molar-refractivity contribution in [2.24, 2.45) is 0 Å². The molecule has 0 heterocycles. The second kappa shape index (κ2) is 8.05. The molecule has 0 aromatic heterocycles. The maximum Gasteiger partial charge on any atom is 1.00 e. The van der Waals surface area contributed by atoms with Crippen LogP contribution in [0.25, 0.3) is 0 Å². The molecule has 10 heavy (non-hydrogen) atoms. The van der Waals surface area contributed by atoms with Gasteiger partial charge in [0.1, 0.15) is 0 Å². The molecule has 4 N–H and O–H groups in total. The maximum atomic E-state index is 5.30. The first-order valence-electron chi connectivity index (χ1n) is 2.24. The van der Waals surface area contributed by atoms with Crippen LogP contribution in [0.2, 0.25) is 0 Å². The number of nitrogens with two attached hydrogens (primary N) is 2. The molecule has 0 radical (unpaired) electrons.